The van der Waals surface area contributed by atoms with Crippen molar-refractivity contribution in [3.63, 3.8) is 0 Å². The maximum Gasteiger partial charge on any atom is 0.245 e. The number of amides is 4. The van der Waals surface area contributed by atoms with E-state index in [-0.39, 0.29) is 23.7 Å². The van der Waals surface area contributed by atoms with Crippen LogP contribution in [0.25, 0.3) is 0 Å². The summed E-state index contributed by atoms with van der Waals surface area (Å²) in [6.45, 7) is 11.6. The standard InChI is InChI=1S/C29H46N4O4S2/c1-7-20(4)25-27(36)30-12-14-39-18-22-10-8-9-21(16-22)17-38-13-11-24(34)33-29(5,6)28(37)31-23(15-19(2)3)26(35)32-25/h8-10,16,19-20,23,25H,7,11-15,17-18H2,1-6H3,(H,30,36)(H,31,37)(H,32,35)(H,33,34)/t20-,23?,25-/m0/s1. The van der Waals surface area contributed by atoms with Crippen molar-refractivity contribution in [1.29, 1.82) is 0 Å². The highest BCUT2D eigenvalue weighted by atomic mass is 32.2. The first-order chi connectivity index (χ1) is 18.4. The molecule has 8 nitrogen and oxygen atoms in total. The van der Waals surface area contributed by atoms with E-state index in [1.807, 2.05) is 33.8 Å². The second kappa shape index (κ2) is 16.2. The molecule has 4 N–H and O–H groups in total. The van der Waals surface area contributed by atoms with Crippen molar-refractivity contribution in [3.8, 4) is 0 Å². The second-order valence-electron chi connectivity index (χ2n) is 11.2. The number of benzene rings is 1. The molecule has 218 valence electrons. The molecule has 1 aromatic rings. The number of rotatable bonds is 4. The van der Waals surface area contributed by atoms with Gasteiger partial charge in [-0.05, 0) is 43.2 Å². The summed E-state index contributed by atoms with van der Waals surface area (Å²) in [5, 5.41) is 11.5. The van der Waals surface area contributed by atoms with Gasteiger partial charge in [0.1, 0.15) is 17.6 Å². The number of thioether (sulfide) groups is 2. The van der Waals surface area contributed by atoms with E-state index < -0.39 is 29.4 Å². The van der Waals surface area contributed by atoms with Crippen LogP contribution in [0.5, 0.6) is 0 Å². The minimum atomic E-state index is -1.20. The molecule has 1 aliphatic heterocycles. The van der Waals surface area contributed by atoms with Gasteiger partial charge >= 0.3 is 0 Å². The van der Waals surface area contributed by atoms with Gasteiger partial charge in [0.05, 0.1) is 0 Å². The monoisotopic (exact) mass is 578 g/mol. The Bertz CT molecular complexity index is 986. The van der Waals surface area contributed by atoms with Crippen molar-refractivity contribution in [2.45, 2.75) is 89.9 Å². The lowest BCUT2D eigenvalue weighted by atomic mass is 9.96. The van der Waals surface area contributed by atoms with Crippen molar-refractivity contribution in [3.05, 3.63) is 35.4 Å². The van der Waals surface area contributed by atoms with Gasteiger partial charge in [0.15, 0.2) is 0 Å². The molecule has 39 heavy (non-hydrogen) atoms. The number of nitrogens with one attached hydrogen (secondary N) is 4. The van der Waals surface area contributed by atoms with Crippen LogP contribution in [0.2, 0.25) is 0 Å². The Labute approximate surface area is 242 Å². The van der Waals surface area contributed by atoms with Crippen LogP contribution >= 0.6 is 23.5 Å². The smallest absolute Gasteiger partial charge is 0.245 e. The molecule has 0 saturated heterocycles. The van der Waals surface area contributed by atoms with Crippen LogP contribution in [-0.4, -0.2) is 59.3 Å². The van der Waals surface area contributed by atoms with Gasteiger partial charge in [0, 0.05) is 36.0 Å². The largest absolute Gasteiger partial charge is 0.353 e. The highest BCUT2D eigenvalue weighted by Gasteiger charge is 2.35. The summed E-state index contributed by atoms with van der Waals surface area (Å²) in [6.07, 6.45) is 1.41. The lowest BCUT2D eigenvalue weighted by Gasteiger charge is -2.30. The molecule has 1 heterocycles. The van der Waals surface area contributed by atoms with E-state index in [1.54, 1.807) is 37.4 Å². The molecule has 10 heteroatoms. The molecule has 2 bridgehead atoms. The van der Waals surface area contributed by atoms with Gasteiger partial charge in [0.2, 0.25) is 23.6 Å². The number of hydrogen-bond acceptors (Lipinski definition) is 6. The number of fused-ring (bicyclic) bond motifs is 2. The third kappa shape index (κ3) is 11.4. The van der Waals surface area contributed by atoms with Crippen molar-refractivity contribution in [2.75, 3.05) is 18.1 Å². The topological polar surface area (TPSA) is 116 Å². The first kappa shape index (κ1) is 33.0. The van der Waals surface area contributed by atoms with Crippen LogP contribution in [0.15, 0.2) is 24.3 Å². The van der Waals surface area contributed by atoms with Crippen LogP contribution < -0.4 is 21.3 Å². The first-order valence-corrected chi connectivity index (χ1v) is 16.2. The molecular formula is C29H46N4O4S2. The third-order valence-corrected chi connectivity index (χ3v) is 8.75. The summed E-state index contributed by atoms with van der Waals surface area (Å²) < 4.78 is 0. The minimum absolute atomic E-state index is 0.0844. The zero-order valence-electron chi connectivity index (χ0n) is 24.2. The van der Waals surface area contributed by atoms with Crippen molar-refractivity contribution < 1.29 is 19.2 Å². The Kier molecular flexibility index (Phi) is 13.7. The van der Waals surface area contributed by atoms with E-state index in [0.717, 1.165) is 17.3 Å². The van der Waals surface area contributed by atoms with Crippen LogP contribution in [0.1, 0.15) is 71.9 Å². The molecule has 4 amide bonds. The Morgan fingerprint density at radius 3 is 2.21 bits per heavy atom. The molecule has 0 spiro atoms. The average molecular weight is 579 g/mol. The summed E-state index contributed by atoms with van der Waals surface area (Å²) in [4.78, 5) is 52.3. The fraction of sp³-hybridized carbons (Fsp3) is 0.655. The van der Waals surface area contributed by atoms with E-state index in [4.69, 9.17) is 0 Å². The normalized spacial score (nSPS) is 23.4. The van der Waals surface area contributed by atoms with Crippen LogP contribution in [0, 0.1) is 11.8 Å². The Morgan fingerprint density at radius 1 is 0.949 bits per heavy atom. The van der Waals surface area contributed by atoms with Gasteiger partial charge in [-0.1, -0.05) is 58.4 Å². The van der Waals surface area contributed by atoms with E-state index in [1.165, 1.54) is 11.1 Å². The summed E-state index contributed by atoms with van der Waals surface area (Å²) in [6, 6.07) is 6.88. The quantitative estimate of drug-likeness (QED) is 0.434. The first-order valence-electron chi connectivity index (χ1n) is 13.9. The Morgan fingerprint density at radius 2 is 1.59 bits per heavy atom. The highest BCUT2D eigenvalue weighted by molar-refractivity contribution is 7.98. The van der Waals surface area contributed by atoms with Gasteiger partial charge in [0.25, 0.3) is 0 Å². The zero-order chi connectivity index (χ0) is 29.0. The van der Waals surface area contributed by atoms with Crippen molar-refractivity contribution in [1.82, 2.24) is 21.3 Å². The van der Waals surface area contributed by atoms with E-state index >= 15 is 0 Å². The average Bonchev–Trinajstić information content (AvgIpc) is 2.87. The predicted molar refractivity (Wildman–Crippen MR) is 161 cm³/mol. The molecule has 0 aliphatic carbocycles. The maximum atomic E-state index is 13.4. The molecular weight excluding hydrogens is 532 g/mol. The Hall–Kier alpha value is -2.20. The molecule has 3 atom stereocenters. The zero-order valence-corrected chi connectivity index (χ0v) is 25.9. The van der Waals surface area contributed by atoms with Gasteiger partial charge < -0.3 is 21.3 Å². The molecule has 0 saturated carbocycles. The maximum absolute atomic E-state index is 13.4. The molecule has 0 fully saturated rings. The van der Waals surface area contributed by atoms with Gasteiger partial charge in [-0.15, -0.1) is 0 Å². The van der Waals surface area contributed by atoms with Crippen molar-refractivity contribution in [2.24, 2.45) is 11.8 Å². The number of hydrogen-bond donors (Lipinski definition) is 4. The number of carbonyl (C=O) groups is 4. The minimum Gasteiger partial charge on any atom is -0.353 e. The van der Waals surface area contributed by atoms with Crippen LogP contribution in [0.3, 0.4) is 0 Å². The Balaban J connectivity index is 2.25. The molecule has 1 unspecified atom stereocenters. The predicted octanol–water partition coefficient (Wildman–Crippen LogP) is 3.63. The fourth-order valence-corrected chi connectivity index (χ4v) is 5.87. The van der Waals surface area contributed by atoms with Gasteiger partial charge in [-0.3, -0.25) is 19.2 Å². The SMILES string of the molecule is CC[C@H](C)[C@@H]1NC(=O)C(CC(C)C)NC(=O)C(C)(C)NC(=O)CCSCc2cccc(c2)CSCCNC1=O. The lowest BCUT2D eigenvalue weighted by molar-refractivity contribution is -0.136. The van der Waals surface area contributed by atoms with Crippen molar-refractivity contribution >= 4 is 47.2 Å². The van der Waals surface area contributed by atoms with E-state index in [9.17, 15) is 19.2 Å². The summed E-state index contributed by atoms with van der Waals surface area (Å²) in [5.41, 5.74) is 1.23. The van der Waals surface area contributed by atoms with Crippen LogP contribution in [-0.2, 0) is 30.7 Å². The molecule has 0 aromatic heterocycles. The summed E-state index contributed by atoms with van der Waals surface area (Å²) >= 11 is 3.42. The molecule has 1 aromatic carbocycles. The number of carbonyl (C=O) groups excluding carboxylic acids is 4. The molecule has 2 rings (SSSR count). The molecule has 0 radical (unpaired) electrons. The summed E-state index contributed by atoms with van der Waals surface area (Å²) in [5.74, 6) is 1.80. The van der Waals surface area contributed by atoms with Gasteiger partial charge in [-0.2, -0.15) is 23.5 Å². The lowest BCUT2D eigenvalue weighted by Crippen LogP contribution is -2.61. The second-order valence-corrected chi connectivity index (χ2v) is 13.4. The highest BCUT2D eigenvalue weighted by Crippen LogP contribution is 2.19. The van der Waals surface area contributed by atoms with E-state index in [2.05, 4.69) is 39.5 Å². The fourth-order valence-electron chi connectivity index (χ4n) is 4.18. The summed E-state index contributed by atoms with van der Waals surface area (Å²) in [7, 11) is 0. The van der Waals surface area contributed by atoms with Crippen LogP contribution in [0.4, 0.5) is 0 Å². The van der Waals surface area contributed by atoms with Gasteiger partial charge in [-0.25, -0.2) is 0 Å². The molecule has 1 aliphatic rings. The third-order valence-electron chi connectivity index (χ3n) is 6.69. The van der Waals surface area contributed by atoms with E-state index in [0.29, 0.717) is 31.6 Å².